The highest BCUT2D eigenvalue weighted by Gasteiger charge is 2.48. The van der Waals surface area contributed by atoms with Crippen molar-refractivity contribution in [2.24, 2.45) is 5.92 Å². The minimum atomic E-state index is -0.863. The Morgan fingerprint density at radius 1 is 1.26 bits per heavy atom. The molecule has 0 aromatic carbocycles. The van der Waals surface area contributed by atoms with Gasteiger partial charge < -0.3 is 10.1 Å². The van der Waals surface area contributed by atoms with Crippen LogP contribution in [0.1, 0.15) is 42.0 Å². The Labute approximate surface area is 165 Å². The van der Waals surface area contributed by atoms with Crippen LogP contribution in [0.25, 0.3) is 0 Å². The highest BCUT2D eigenvalue weighted by molar-refractivity contribution is 7.10. The topological polar surface area (TPSA) is 72.5 Å². The first-order valence-corrected chi connectivity index (χ1v) is 10.7. The van der Waals surface area contributed by atoms with Crippen molar-refractivity contribution in [1.29, 1.82) is 0 Å². The normalized spacial score (nSPS) is 25.1. The molecule has 5 nitrogen and oxygen atoms in total. The fraction of sp³-hybridized carbons (Fsp3) is 0.350. The summed E-state index contributed by atoms with van der Waals surface area (Å²) in [7, 11) is 0. The van der Waals surface area contributed by atoms with Crippen molar-refractivity contribution in [2.45, 2.75) is 31.6 Å². The zero-order valence-corrected chi connectivity index (χ0v) is 16.4. The number of ether oxygens (including phenoxy) is 1. The molecule has 0 spiro atoms. The molecule has 0 radical (unpaired) electrons. The Balaban J connectivity index is 1.80. The lowest BCUT2D eigenvalue weighted by Gasteiger charge is -2.37. The van der Waals surface area contributed by atoms with E-state index in [2.05, 4.69) is 5.32 Å². The number of rotatable bonds is 4. The molecule has 2 aliphatic rings. The van der Waals surface area contributed by atoms with Crippen LogP contribution in [-0.2, 0) is 19.1 Å². The molecule has 0 saturated heterocycles. The number of carbonyl (C=O) groups excluding carboxylic acids is 3. The predicted molar refractivity (Wildman–Crippen MR) is 104 cm³/mol. The van der Waals surface area contributed by atoms with Gasteiger partial charge in [0.25, 0.3) is 0 Å². The van der Waals surface area contributed by atoms with Crippen LogP contribution in [0.15, 0.2) is 45.6 Å². The number of nitrogens with one attached hydrogen (secondary N) is 1. The van der Waals surface area contributed by atoms with Crippen LogP contribution in [0.5, 0.6) is 0 Å². The summed E-state index contributed by atoms with van der Waals surface area (Å²) in [6, 6.07) is 5.78. The SMILES string of the molecule is CCOC(=O)C1C(=O)C2=C(CC1c1cccs1)NC(=O)CC2c1ccsc1. The maximum atomic E-state index is 13.5. The van der Waals surface area contributed by atoms with E-state index in [0.29, 0.717) is 17.7 Å². The fourth-order valence-electron chi connectivity index (χ4n) is 3.98. The van der Waals surface area contributed by atoms with Crippen LogP contribution >= 0.6 is 22.7 Å². The van der Waals surface area contributed by atoms with E-state index in [0.717, 1.165) is 10.4 Å². The largest absolute Gasteiger partial charge is 0.465 e. The first-order chi connectivity index (χ1) is 13.1. The number of hydrogen-bond donors (Lipinski definition) is 1. The van der Waals surface area contributed by atoms with Crippen molar-refractivity contribution < 1.29 is 19.1 Å². The molecular weight excluding hydrogens is 382 g/mol. The molecule has 27 heavy (non-hydrogen) atoms. The van der Waals surface area contributed by atoms with E-state index in [4.69, 9.17) is 4.74 Å². The Morgan fingerprint density at radius 3 is 2.78 bits per heavy atom. The van der Waals surface area contributed by atoms with Crippen LogP contribution in [-0.4, -0.2) is 24.3 Å². The van der Waals surface area contributed by atoms with Crippen molar-refractivity contribution in [2.75, 3.05) is 6.61 Å². The minimum absolute atomic E-state index is 0.0859. The van der Waals surface area contributed by atoms with E-state index in [1.165, 1.54) is 22.7 Å². The maximum Gasteiger partial charge on any atom is 0.317 e. The molecule has 3 unspecified atom stereocenters. The number of thiophene rings is 2. The van der Waals surface area contributed by atoms with Crippen molar-refractivity contribution in [3.8, 4) is 0 Å². The molecule has 0 bridgehead atoms. The lowest BCUT2D eigenvalue weighted by molar-refractivity contribution is -0.152. The third kappa shape index (κ3) is 3.26. The van der Waals surface area contributed by atoms with Crippen molar-refractivity contribution in [3.63, 3.8) is 0 Å². The molecule has 1 amide bonds. The predicted octanol–water partition coefficient (Wildman–Crippen LogP) is 3.60. The van der Waals surface area contributed by atoms with Crippen molar-refractivity contribution in [3.05, 3.63) is 56.1 Å². The lowest BCUT2D eigenvalue weighted by atomic mass is 9.70. The first-order valence-electron chi connectivity index (χ1n) is 8.89. The maximum absolute atomic E-state index is 13.5. The molecule has 3 heterocycles. The molecular formula is C20H19NO4S2. The summed E-state index contributed by atoms with van der Waals surface area (Å²) in [4.78, 5) is 39.4. The van der Waals surface area contributed by atoms with Gasteiger partial charge in [-0.25, -0.2) is 0 Å². The molecule has 1 N–H and O–H groups in total. The van der Waals surface area contributed by atoms with Crippen molar-refractivity contribution >= 4 is 40.3 Å². The van der Waals surface area contributed by atoms with Gasteiger partial charge in [-0.1, -0.05) is 6.07 Å². The number of amides is 1. The van der Waals surface area contributed by atoms with Crippen LogP contribution < -0.4 is 5.32 Å². The fourth-order valence-corrected chi connectivity index (χ4v) is 5.56. The Bertz CT molecular complexity index is 899. The molecule has 7 heteroatoms. The lowest BCUT2D eigenvalue weighted by Crippen LogP contribution is -2.44. The van der Waals surface area contributed by atoms with Gasteiger partial charge in [-0.05, 0) is 47.2 Å². The van der Waals surface area contributed by atoms with Gasteiger partial charge in [0.2, 0.25) is 5.91 Å². The average Bonchev–Trinajstić information content (AvgIpc) is 3.34. The van der Waals surface area contributed by atoms with E-state index >= 15 is 0 Å². The average molecular weight is 402 g/mol. The summed E-state index contributed by atoms with van der Waals surface area (Å²) < 4.78 is 5.24. The summed E-state index contributed by atoms with van der Waals surface area (Å²) in [6.07, 6.45) is 0.679. The van der Waals surface area contributed by atoms with Crippen LogP contribution in [0.4, 0.5) is 0 Å². The molecule has 0 fully saturated rings. The van der Waals surface area contributed by atoms with E-state index < -0.39 is 11.9 Å². The molecule has 4 rings (SSSR count). The second-order valence-electron chi connectivity index (χ2n) is 6.67. The van der Waals surface area contributed by atoms with Gasteiger partial charge in [-0.3, -0.25) is 14.4 Å². The number of Topliss-reactive ketones (excluding diaryl/α,β-unsaturated/α-hetero) is 1. The smallest absolute Gasteiger partial charge is 0.317 e. The zero-order valence-electron chi connectivity index (χ0n) is 14.8. The Hall–Kier alpha value is -2.25. The van der Waals surface area contributed by atoms with Gasteiger partial charge >= 0.3 is 5.97 Å². The summed E-state index contributed by atoms with van der Waals surface area (Å²) in [5.41, 5.74) is 2.18. The van der Waals surface area contributed by atoms with E-state index in [9.17, 15) is 14.4 Å². The number of ketones is 1. The van der Waals surface area contributed by atoms with Gasteiger partial charge in [-0.2, -0.15) is 11.3 Å². The third-order valence-electron chi connectivity index (χ3n) is 5.12. The molecule has 140 valence electrons. The van der Waals surface area contributed by atoms with Crippen LogP contribution in [0, 0.1) is 5.92 Å². The summed E-state index contributed by atoms with van der Waals surface area (Å²) in [5.74, 6) is -2.25. The minimum Gasteiger partial charge on any atom is -0.465 e. The van der Waals surface area contributed by atoms with Gasteiger partial charge in [0.15, 0.2) is 5.78 Å². The number of esters is 1. The summed E-state index contributed by atoms with van der Waals surface area (Å²) >= 11 is 3.05. The standard InChI is InChI=1S/C20H19NO4S2/c1-2-25-20(24)18-13(15-4-3-6-27-15)8-14-17(19(18)23)12(9-16(22)21-14)11-5-7-26-10-11/h3-7,10,12-13,18H,2,8-9H2,1H3,(H,21,22). The summed E-state index contributed by atoms with van der Waals surface area (Å²) in [5, 5.41) is 8.73. The van der Waals surface area contributed by atoms with Gasteiger partial charge in [0, 0.05) is 34.4 Å². The second-order valence-corrected chi connectivity index (χ2v) is 8.43. The van der Waals surface area contributed by atoms with E-state index in [-0.39, 0.29) is 36.6 Å². The number of carbonyl (C=O) groups is 3. The molecule has 2 aromatic heterocycles. The number of hydrogen-bond acceptors (Lipinski definition) is 6. The van der Waals surface area contributed by atoms with Crippen molar-refractivity contribution in [1.82, 2.24) is 5.32 Å². The summed E-state index contributed by atoms with van der Waals surface area (Å²) in [6.45, 7) is 1.97. The Morgan fingerprint density at radius 2 is 2.11 bits per heavy atom. The van der Waals surface area contributed by atoms with Gasteiger partial charge in [0.1, 0.15) is 5.92 Å². The van der Waals surface area contributed by atoms with Crippen LogP contribution in [0.2, 0.25) is 0 Å². The highest BCUT2D eigenvalue weighted by atomic mass is 32.1. The number of allylic oxidation sites excluding steroid dienone is 2. The highest BCUT2D eigenvalue weighted by Crippen LogP contribution is 2.46. The Kier molecular flexibility index (Phi) is 4.97. The van der Waals surface area contributed by atoms with Gasteiger partial charge in [-0.15, -0.1) is 11.3 Å². The van der Waals surface area contributed by atoms with Gasteiger partial charge in [0.05, 0.1) is 6.61 Å². The second kappa shape index (κ2) is 7.40. The molecule has 0 saturated carbocycles. The van der Waals surface area contributed by atoms with Crippen LogP contribution in [0.3, 0.4) is 0 Å². The monoisotopic (exact) mass is 401 g/mol. The van der Waals surface area contributed by atoms with E-state index in [1.807, 2.05) is 34.3 Å². The van der Waals surface area contributed by atoms with E-state index in [1.54, 1.807) is 6.92 Å². The zero-order chi connectivity index (χ0) is 19.0. The molecule has 2 aromatic rings. The molecule has 1 aliphatic heterocycles. The molecule has 3 atom stereocenters. The third-order valence-corrected chi connectivity index (χ3v) is 6.83. The first kappa shape index (κ1) is 18.1. The quantitative estimate of drug-likeness (QED) is 0.628. The molecule has 1 aliphatic carbocycles.